The normalized spacial score (nSPS) is 33.9. The molecule has 2 saturated heterocycles. The van der Waals surface area contributed by atoms with E-state index >= 15 is 0 Å². The first-order chi connectivity index (χ1) is 10.6. The summed E-state index contributed by atoms with van der Waals surface area (Å²) < 4.78 is 0. The zero-order chi connectivity index (χ0) is 15.7. The monoisotopic (exact) mass is 371 g/mol. The molecule has 3 heterocycles. The number of nitrogens with zero attached hydrogens (tertiary/aromatic N) is 3. The summed E-state index contributed by atoms with van der Waals surface area (Å²) in [6.45, 7) is 1.74. The molecule has 0 aromatic carbocycles. The van der Waals surface area contributed by atoms with Crippen LogP contribution in [0.4, 0.5) is 5.82 Å². The number of anilines is 1. The van der Waals surface area contributed by atoms with Crippen LogP contribution in [0, 0.1) is 0 Å². The van der Waals surface area contributed by atoms with Gasteiger partial charge in [-0.15, -0.1) is 0 Å². The highest BCUT2D eigenvalue weighted by Gasteiger charge is 2.38. The first kappa shape index (κ1) is 16.0. The lowest BCUT2D eigenvalue weighted by Gasteiger charge is -2.46. The van der Waals surface area contributed by atoms with E-state index in [9.17, 15) is 15.3 Å². The highest BCUT2D eigenvalue weighted by Crippen LogP contribution is 2.31. The maximum atomic E-state index is 10.6. The summed E-state index contributed by atoms with van der Waals surface area (Å²) in [6, 6.07) is 3.31. The predicted octanol–water partition coefficient (Wildman–Crippen LogP) is 0.905. The number of rotatable bonds is 2. The zero-order valence-corrected chi connectivity index (χ0v) is 13.9. The van der Waals surface area contributed by atoms with Crippen LogP contribution in [0.3, 0.4) is 0 Å². The number of hydrogen-bond acceptors (Lipinski definition) is 6. The van der Waals surface area contributed by atoms with Crippen LogP contribution in [0.25, 0.3) is 0 Å². The molecule has 4 unspecified atom stereocenters. The van der Waals surface area contributed by atoms with Crippen molar-refractivity contribution in [1.82, 2.24) is 9.88 Å². The van der Waals surface area contributed by atoms with Crippen LogP contribution in [-0.4, -0.2) is 68.0 Å². The van der Waals surface area contributed by atoms with Crippen molar-refractivity contribution in [2.45, 2.75) is 42.5 Å². The van der Waals surface area contributed by atoms with Crippen LogP contribution >= 0.6 is 15.9 Å². The number of β-amino-alcohol motifs (C(OH)–C–C–N with tert-alkyl or cyclic N) is 2. The number of halogens is 1. The molecule has 22 heavy (non-hydrogen) atoms. The molecular weight excluding hydrogens is 350 g/mol. The van der Waals surface area contributed by atoms with Gasteiger partial charge in [0.15, 0.2) is 11.6 Å². The first-order valence-electron chi connectivity index (χ1n) is 7.71. The summed E-state index contributed by atoms with van der Waals surface area (Å²) in [5, 5.41) is 30.3. The van der Waals surface area contributed by atoms with Crippen LogP contribution < -0.4 is 4.90 Å². The molecule has 1 aromatic heterocycles. The molecule has 122 valence electrons. The average Bonchev–Trinajstić information content (AvgIpc) is 2.50. The molecule has 0 spiro atoms. The van der Waals surface area contributed by atoms with Crippen LogP contribution in [0.15, 0.2) is 18.3 Å². The van der Waals surface area contributed by atoms with Gasteiger partial charge < -0.3 is 20.2 Å². The molecule has 2 fully saturated rings. The van der Waals surface area contributed by atoms with Crippen LogP contribution in [-0.2, 0) is 0 Å². The third-order valence-corrected chi connectivity index (χ3v) is 5.54. The van der Waals surface area contributed by atoms with Gasteiger partial charge in [0, 0.05) is 31.9 Å². The SMILES string of the molecule is Oc1cccnc1N1CCC(N2CC(O)CCC2Br)C(O)C1. The minimum Gasteiger partial charge on any atom is -0.504 e. The van der Waals surface area contributed by atoms with Crippen molar-refractivity contribution in [1.29, 1.82) is 0 Å². The minimum atomic E-state index is -0.541. The van der Waals surface area contributed by atoms with Crippen LogP contribution in [0.2, 0.25) is 0 Å². The zero-order valence-electron chi connectivity index (χ0n) is 12.3. The van der Waals surface area contributed by atoms with E-state index in [1.165, 1.54) is 0 Å². The summed E-state index contributed by atoms with van der Waals surface area (Å²) in [4.78, 5) is 8.48. The molecule has 2 aliphatic heterocycles. The predicted molar refractivity (Wildman–Crippen MR) is 87.2 cm³/mol. The summed E-state index contributed by atoms with van der Waals surface area (Å²) >= 11 is 3.65. The number of aromatic hydroxyl groups is 1. The third kappa shape index (κ3) is 3.22. The Kier molecular flexibility index (Phi) is 4.87. The quantitative estimate of drug-likeness (QED) is 0.529. The topological polar surface area (TPSA) is 80.1 Å². The minimum absolute atomic E-state index is 0.0152. The van der Waals surface area contributed by atoms with Crippen molar-refractivity contribution in [3.8, 4) is 5.75 Å². The molecular formula is C15H22BrN3O3. The molecule has 0 amide bonds. The van der Waals surface area contributed by atoms with E-state index in [4.69, 9.17) is 0 Å². The number of likely N-dealkylation sites (tertiary alicyclic amines) is 1. The molecule has 0 bridgehead atoms. The van der Waals surface area contributed by atoms with Gasteiger partial charge in [-0.2, -0.15) is 0 Å². The summed E-state index contributed by atoms with van der Waals surface area (Å²) in [7, 11) is 0. The maximum Gasteiger partial charge on any atom is 0.171 e. The highest BCUT2D eigenvalue weighted by molar-refractivity contribution is 9.09. The Hall–Kier alpha value is -0.890. The van der Waals surface area contributed by atoms with Crippen molar-refractivity contribution in [2.75, 3.05) is 24.5 Å². The number of aliphatic hydroxyl groups is 2. The highest BCUT2D eigenvalue weighted by atomic mass is 79.9. The van der Waals surface area contributed by atoms with Crippen molar-refractivity contribution < 1.29 is 15.3 Å². The van der Waals surface area contributed by atoms with Crippen molar-refractivity contribution in [3.05, 3.63) is 18.3 Å². The largest absolute Gasteiger partial charge is 0.504 e. The van der Waals surface area contributed by atoms with E-state index in [0.29, 0.717) is 18.9 Å². The van der Waals surface area contributed by atoms with Crippen molar-refractivity contribution in [3.63, 3.8) is 0 Å². The number of hydrogen-bond donors (Lipinski definition) is 3. The number of piperidine rings is 2. The van der Waals surface area contributed by atoms with Gasteiger partial charge in [0.1, 0.15) is 0 Å². The molecule has 4 atom stereocenters. The van der Waals surface area contributed by atoms with Gasteiger partial charge in [0.05, 0.1) is 17.2 Å². The Morgan fingerprint density at radius 1 is 1.18 bits per heavy atom. The fourth-order valence-corrected chi connectivity index (χ4v) is 4.15. The standard InChI is InChI=1S/C15H22BrN3O3/c16-14-4-3-10(20)8-19(14)11-5-7-18(9-13(11)22)15-12(21)2-1-6-17-15/h1-2,6,10-11,13-14,20-22H,3-5,7-9H2. The lowest BCUT2D eigenvalue weighted by Crippen LogP contribution is -2.58. The number of aliphatic hydroxyl groups excluding tert-OH is 2. The van der Waals surface area contributed by atoms with E-state index in [-0.39, 0.29) is 22.8 Å². The van der Waals surface area contributed by atoms with E-state index in [0.717, 1.165) is 25.8 Å². The van der Waals surface area contributed by atoms with E-state index in [2.05, 4.69) is 25.8 Å². The fourth-order valence-electron chi connectivity index (χ4n) is 3.42. The van der Waals surface area contributed by atoms with Gasteiger partial charge >= 0.3 is 0 Å². The lowest BCUT2D eigenvalue weighted by atomic mass is 9.96. The van der Waals surface area contributed by atoms with E-state index in [1.54, 1.807) is 18.3 Å². The van der Waals surface area contributed by atoms with Crippen molar-refractivity contribution in [2.24, 2.45) is 0 Å². The fraction of sp³-hybridized carbons (Fsp3) is 0.667. The van der Waals surface area contributed by atoms with Gasteiger partial charge in [-0.25, -0.2) is 4.98 Å². The Morgan fingerprint density at radius 2 is 2.00 bits per heavy atom. The van der Waals surface area contributed by atoms with Gasteiger partial charge in [-0.05, 0) is 31.4 Å². The number of pyridine rings is 1. The van der Waals surface area contributed by atoms with Gasteiger partial charge in [-0.1, -0.05) is 15.9 Å². The number of alkyl halides is 1. The smallest absolute Gasteiger partial charge is 0.171 e. The Morgan fingerprint density at radius 3 is 2.73 bits per heavy atom. The van der Waals surface area contributed by atoms with Crippen molar-refractivity contribution >= 4 is 21.7 Å². The van der Waals surface area contributed by atoms with Gasteiger partial charge in [0.25, 0.3) is 0 Å². The Balaban J connectivity index is 1.69. The second kappa shape index (κ2) is 6.70. The van der Waals surface area contributed by atoms with Gasteiger partial charge in [-0.3, -0.25) is 4.90 Å². The molecule has 3 N–H and O–H groups in total. The molecule has 0 aliphatic carbocycles. The van der Waals surface area contributed by atoms with Crippen LogP contribution in [0.5, 0.6) is 5.75 Å². The van der Waals surface area contributed by atoms with E-state index in [1.807, 2.05) is 4.90 Å². The third-order valence-electron chi connectivity index (χ3n) is 4.56. The molecule has 0 radical (unpaired) electrons. The number of aromatic nitrogens is 1. The summed E-state index contributed by atoms with van der Waals surface area (Å²) in [6.07, 6.45) is 3.23. The average molecular weight is 372 g/mol. The lowest BCUT2D eigenvalue weighted by molar-refractivity contribution is -0.0172. The molecule has 6 nitrogen and oxygen atoms in total. The molecule has 1 aromatic rings. The molecule has 3 rings (SSSR count). The first-order valence-corrected chi connectivity index (χ1v) is 8.62. The maximum absolute atomic E-state index is 10.6. The summed E-state index contributed by atoms with van der Waals surface area (Å²) in [5.74, 6) is 0.661. The van der Waals surface area contributed by atoms with Gasteiger partial charge in [0.2, 0.25) is 0 Å². The van der Waals surface area contributed by atoms with Crippen LogP contribution in [0.1, 0.15) is 19.3 Å². The van der Waals surface area contributed by atoms with E-state index < -0.39 is 6.10 Å². The molecule has 2 aliphatic rings. The Bertz CT molecular complexity index is 519. The second-order valence-corrected chi connectivity index (χ2v) is 7.13. The molecule has 0 saturated carbocycles. The molecule has 7 heteroatoms. The summed E-state index contributed by atoms with van der Waals surface area (Å²) in [5.41, 5.74) is 0. The Labute approximate surface area is 138 Å². The second-order valence-electron chi connectivity index (χ2n) is 6.08.